The van der Waals surface area contributed by atoms with E-state index in [2.05, 4.69) is 22.4 Å². The average molecular weight is 362 g/mol. The number of thiophene rings is 1. The molecule has 2 aliphatic heterocycles. The van der Waals surface area contributed by atoms with Gasteiger partial charge in [-0.2, -0.15) is 4.31 Å². The highest BCUT2D eigenvalue weighted by Crippen LogP contribution is 2.30. The molecule has 0 amide bonds. The van der Waals surface area contributed by atoms with Gasteiger partial charge < -0.3 is 15.0 Å². The Morgan fingerprint density at radius 3 is 2.30 bits per heavy atom. The number of nitrogens with one attached hydrogen (secondary N) is 1. The van der Waals surface area contributed by atoms with Crippen LogP contribution in [0, 0.1) is 4.91 Å². The van der Waals surface area contributed by atoms with E-state index in [1.54, 1.807) is 0 Å². The summed E-state index contributed by atoms with van der Waals surface area (Å²) in [5, 5.41) is 6.00. The van der Waals surface area contributed by atoms with E-state index < -0.39 is 10.0 Å². The van der Waals surface area contributed by atoms with E-state index >= 15 is 0 Å². The van der Waals surface area contributed by atoms with E-state index in [0.717, 1.165) is 37.6 Å². The summed E-state index contributed by atoms with van der Waals surface area (Å²) in [5.41, 5.74) is 0. The maximum Gasteiger partial charge on any atom is 0.252 e. The van der Waals surface area contributed by atoms with E-state index in [1.807, 2.05) is 0 Å². The van der Waals surface area contributed by atoms with Crippen molar-refractivity contribution in [2.45, 2.75) is 4.21 Å². The first-order chi connectivity index (χ1) is 11.0. The number of nitrogens with zero attached hydrogens (tertiary/aromatic N) is 3. The summed E-state index contributed by atoms with van der Waals surface area (Å²) in [7, 11) is -1.32. The van der Waals surface area contributed by atoms with Crippen molar-refractivity contribution in [3.8, 4) is 0 Å². The SMILES string of the molecule is CN1CCOCC1.O=Nc1ccc(S(=O)(=O)N2CCNCC2)s1. The Kier molecular flexibility index (Phi) is 7.06. The molecular weight excluding hydrogens is 340 g/mol. The molecule has 1 aromatic rings. The van der Waals surface area contributed by atoms with Crippen molar-refractivity contribution >= 4 is 26.4 Å². The molecule has 10 heteroatoms. The molecule has 0 saturated carbocycles. The van der Waals surface area contributed by atoms with Crippen LogP contribution in [0.5, 0.6) is 0 Å². The van der Waals surface area contributed by atoms with Crippen molar-refractivity contribution < 1.29 is 13.2 Å². The zero-order valence-electron chi connectivity index (χ0n) is 13.1. The second-order valence-corrected chi connectivity index (χ2v) is 8.48. The van der Waals surface area contributed by atoms with Gasteiger partial charge in [0.15, 0.2) is 5.00 Å². The molecule has 0 aromatic carbocycles. The normalized spacial score (nSPS) is 20.6. The van der Waals surface area contributed by atoms with Crippen LogP contribution in [0.4, 0.5) is 5.00 Å². The molecule has 0 bridgehead atoms. The number of ether oxygens (including phenoxy) is 1. The maximum absolute atomic E-state index is 12.1. The zero-order valence-corrected chi connectivity index (χ0v) is 14.7. The molecule has 8 nitrogen and oxygen atoms in total. The third kappa shape index (κ3) is 5.30. The number of sulfonamides is 1. The van der Waals surface area contributed by atoms with Crippen molar-refractivity contribution in [2.75, 3.05) is 59.5 Å². The quantitative estimate of drug-likeness (QED) is 0.796. The van der Waals surface area contributed by atoms with Gasteiger partial charge in [0, 0.05) is 39.3 Å². The highest BCUT2D eigenvalue weighted by Gasteiger charge is 2.27. The first-order valence-corrected chi connectivity index (χ1v) is 9.70. The fourth-order valence-electron chi connectivity index (χ4n) is 2.16. The van der Waals surface area contributed by atoms with Crippen LogP contribution in [0.15, 0.2) is 21.5 Å². The van der Waals surface area contributed by atoms with Crippen molar-refractivity contribution in [2.24, 2.45) is 5.18 Å². The second-order valence-electron chi connectivity index (χ2n) is 5.25. The van der Waals surface area contributed by atoms with E-state index in [1.165, 1.54) is 16.4 Å². The zero-order chi connectivity index (χ0) is 16.7. The van der Waals surface area contributed by atoms with Gasteiger partial charge in [0.05, 0.1) is 13.2 Å². The Balaban J connectivity index is 0.000000229. The Morgan fingerprint density at radius 2 is 1.83 bits per heavy atom. The lowest BCUT2D eigenvalue weighted by Crippen LogP contribution is -2.46. The van der Waals surface area contributed by atoms with Crippen LogP contribution < -0.4 is 5.32 Å². The fraction of sp³-hybridized carbons (Fsp3) is 0.692. The average Bonchev–Trinajstić information content (AvgIpc) is 3.07. The summed E-state index contributed by atoms with van der Waals surface area (Å²) in [5.74, 6) is 0. The monoisotopic (exact) mass is 362 g/mol. The van der Waals surface area contributed by atoms with Crippen molar-refractivity contribution in [1.82, 2.24) is 14.5 Å². The molecular formula is C13H22N4O4S2. The van der Waals surface area contributed by atoms with Crippen molar-refractivity contribution in [1.29, 1.82) is 0 Å². The predicted molar refractivity (Wildman–Crippen MR) is 89.7 cm³/mol. The summed E-state index contributed by atoms with van der Waals surface area (Å²) in [4.78, 5) is 12.5. The Morgan fingerprint density at radius 1 is 1.17 bits per heavy atom. The predicted octanol–water partition coefficient (Wildman–Crippen LogP) is 0.688. The highest BCUT2D eigenvalue weighted by molar-refractivity contribution is 7.91. The summed E-state index contributed by atoms with van der Waals surface area (Å²) < 4.78 is 30.9. The van der Waals surface area contributed by atoms with Gasteiger partial charge in [-0.25, -0.2) is 8.42 Å². The number of nitroso groups, excluding NO2 is 1. The lowest BCUT2D eigenvalue weighted by atomic mass is 10.4. The Labute approximate surface area is 140 Å². The molecule has 2 fully saturated rings. The van der Waals surface area contributed by atoms with E-state index in [4.69, 9.17) is 4.74 Å². The lowest BCUT2D eigenvalue weighted by Gasteiger charge is -2.25. The van der Waals surface area contributed by atoms with Crippen LogP contribution in [-0.2, 0) is 14.8 Å². The number of piperazine rings is 1. The molecule has 23 heavy (non-hydrogen) atoms. The number of rotatable bonds is 3. The molecule has 0 aliphatic carbocycles. The third-order valence-electron chi connectivity index (χ3n) is 3.56. The molecule has 0 spiro atoms. The molecule has 0 radical (unpaired) electrons. The number of morpholine rings is 1. The van der Waals surface area contributed by atoms with Crippen molar-refractivity contribution in [3.05, 3.63) is 17.0 Å². The van der Waals surface area contributed by atoms with Gasteiger partial charge in [-0.15, -0.1) is 4.91 Å². The topological polar surface area (TPSA) is 91.3 Å². The summed E-state index contributed by atoms with van der Waals surface area (Å²) in [6.45, 7) is 6.26. The number of hydrogen-bond donors (Lipinski definition) is 1. The molecule has 0 unspecified atom stereocenters. The first kappa shape index (κ1) is 18.4. The third-order valence-corrected chi connectivity index (χ3v) is 6.89. The second kappa shape index (κ2) is 8.81. The highest BCUT2D eigenvalue weighted by atomic mass is 32.2. The largest absolute Gasteiger partial charge is 0.379 e. The number of hydrogen-bond acceptors (Lipinski definition) is 8. The van der Waals surface area contributed by atoms with Crippen LogP contribution in [0.2, 0.25) is 0 Å². The molecule has 0 atom stereocenters. The van der Waals surface area contributed by atoms with E-state index in [9.17, 15) is 13.3 Å². The number of likely N-dealkylation sites (N-methyl/N-ethyl adjacent to an activating group) is 1. The molecule has 1 aromatic heterocycles. The van der Waals surface area contributed by atoms with Crippen molar-refractivity contribution in [3.63, 3.8) is 0 Å². The lowest BCUT2D eigenvalue weighted by molar-refractivity contribution is 0.0503. The van der Waals surface area contributed by atoms with Crippen LogP contribution >= 0.6 is 11.3 Å². The van der Waals surface area contributed by atoms with Crippen LogP contribution in [0.3, 0.4) is 0 Å². The van der Waals surface area contributed by atoms with Crippen LogP contribution in [0.25, 0.3) is 0 Å². The minimum absolute atomic E-state index is 0.184. The summed E-state index contributed by atoms with van der Waals surface area (Å²) in [6, 6.07) is 2.85. The van der Waals surface area contributed by atoms with Gasteiger partial charge in [0.1, 0.15) is 4.21 Å². The molecule has 130 valence electrons. The maximum atomic E-state index is 12.1. The minimum atomic E-state index is -3.44. The van der Waals surface area contributed by atoms with Gasteiger partial charge in [-0.05, 0) is 24.4 Å². The molecule has 1 N–H and O–H groups in total. The summed E-state index contributed by atoms with van der Waals surface area (Å²) in [6.07, 6.45) is 0. The minimum Gasteiger partial charge on any atom is -0.379 e. The van der Waals surface area contributed by atoms with Gasteiger partial charge in [-0.1, -0.05) is 11.3 Å². The first-order valence-electron chi connectivity index (χ1n) is 7.44. The summed E-state index contributed by atoms with van der Waals surface area (Å²) >= 11 is 0.904. The Hall–Kier alpha value is -0.910. The van der Waals surface area contributed by atoms with E-state index in [0.29, 0.717) is 26.2 Å². The Bertz CT molecular complexity index is 593. The molecule has 2 saturated heterocycles. The van der Waals surface area contributed by atoms with Gasteiger partial charge in [0.2, 0.25) is 0 Å². The van der Waals surface area contributed by atoms with Gasteiger partial charge >= 0.3 is 0 Å². The fourth-order valence-corrected chi connectivity index (χ4v) is 4.83. The van der Waals surface area contributed by atoms with E-state index in [-0.39, 0.29) is 9.21 Å². The standard InChI is InChI=1S/C8H11N3O3S2.C5H11NO/c12-10-7-1-2-8(15-7)16(13,14)11-5-3-9-4-6-11;1-6-2-4-7-5-3-6/h1-2,9H,3-6H2;2-5H2,1H3. The van der Waals surface area contributed by atoms with Gasteiger partial charge in [-0.3, -0.25) is 0 Å². The van der Waals surface area contributed by atoms with Gasteiger partial charge in [0.25, 0.3) is 10.0 Å². The van der Waals surface area contributed by atoms with Crippen LogP contribution in [-0.4, -0.2) is 77.2 Å². The molecule has 3 heterocycles. The molecule has 2 aliphatic rings. The molecule has 3 rings (SSSR count). The van der Waals surface area contributed by atoms with Crippen LogP contribution in [0.1, 0.15) is 0 Å². The smallest absolute Gasteiger partial charge is 0.252 e.